The molecule has 72 valence electrons. The molecule has 0 heterocycles. The zero-order valence-corrected chi connectivity index (χ0v) is 8.55. The SMILES string of the molecule is CCCCCCC=C=CCCC#N. The van der Waals surface area contributed by atoms with E-state index in [2.05, 4.69) is 24.8 Å². The zero-order valence-electron chi connectivity index (χ0n) is 8.55. The summed E-state index contributed by atoms with van der Waals surface area (Å²) >= 11 is 0. The van der Waals surface area contributed by atoms with E-state index in [0.29, 0.717) is 6.42 Å². The van der Waals surface area contributed by atoms with E-state index < -0.39 is 0 Å². The molecule has 0 aliphatic carbocycles. The minimum absolute atomic E-state index is 0.608. The van der Waals surface area contributed by atoms with Crippen molar-refractivity contribution in [1.29, 1.82) is 5.26 Å². The van der Waals surface area contributed by atoms with Crippen molar-refractivity contribution >= 4 is 0 Å². The third kappa shape index (κ3) is 11.0. The van der Waals surface area contributed by atoms with Gasteiger partial charge in [-0.2, -0.15) is 5.26 Å². The van der Waals surface area contributed by atoms with Gasteiger partial charge in [-0.15, -0.1) is 5.73 Å². The van der Waals surface area contributed by atoms with Gasteiger partial charge in [0.05, 0.1) is 6.07 Å². The Morgan fingerprint density at radius 3 is 2.54 bits per heavy atom. The molecule has 0 fully saturated rings. The smallest absolute Gasteiger partial charge is 0.0625 e. The fourth-order valence-corrected chi connectivity index (χ4v) is 1.06. The molecule has 13 heavy (non-hydrogen) atoms. The second kappa shape index (κ2) is 11.0. The van der Waals surface area contributed by atoms with Crippen molar-refractivity contribution in [2.24, 2.45) is 0 Å². The molecule has 0 saturated carbocycles. The van der Waals surface area contributed by atoms with Crippen LogP contribution in [0.15, 0.2) is 17.9 Å². The summed E-state index contributed by atoms with van der Waals surface area (Å²) in [5.74, 6) is 0. The highest BCUT2D eigenvalue weighted by molar-refractivity contribution is 4.87. The monoisotopic (exact) mass is 177 g/mol. The summed E-state index contributed by atoms with van der Waals surface area (Å²) in [6, 6.07) is 2.10. The van der Waals surface area contributed by atoms with Crippen molar-refractivity contribution < 1.29 is 0 Å². The summed E-state index contributed by atoms with van der Waals surface area (Å²) in [5.41, 5.74) is 3.10. The fraction of sp³-hybridized carbons (Fsp3) is 0.667. The Balaban J connectivity index is 3.21. The Morgan fingerprint density at radius 1 is 1.08 bits per heavy atom. The van der Waals surface area contributed by atoms with Crippen LogP contribution in [0.4, 0.5) is 0 Å². The number of allylic oxidation sites excluding steroid dienone is 1. The number of nitriles is 1. The summed E-state index contributed by atoms with van der Waals surface area (Å²) in [4.78, 5) is 0. The Kier molecular flexibility index (Phi) is 10.2. The van der Waals surface area contributed by atoms with Crippen LogP contribution in [-0.4, -0.2) is 0 Å². The molecule has 0 N–H and O–H groups in total. The lowest BCUT2D eigenvalue weighted by atomic mass is 10.1. The van der Waals surface area contributed by atoms with E-state index in [1.807, 2.05) is 6.08 Å². The van der Waals surface area contributed by atoms with E-state index in [4.69, 9.17) is 5.26 Å². The van der Waals surface area contributed by atoms with Crippen LogP contribution in [0.25, 0.3) is 0 Å². The lowest BCUT2D eigenvalue weighted by Gasteiger charge is -1.91. The number of hydrogen-bond acceptors (Lipinski definition) is 1. The fourth-order valence-electron chi connectivity index (χ4n) is 1.06. The van der Waals surface area contributed by atoms with Gasteiger partial charge in [0, 0.05) is 6.42 Å². The first kappa shape index (κ1) is 12.0. The summed E-state index contributed by atoms with van der Waals surface area (Å²) in [6.07, 6.45) is 11.8. The molecular weight excluding hydrogens is 158 g/mol. The van der Waals surface area contributed by atoms with Gasteiger partial charge in [0.25, 0.3) is 0 Å². The van der Waals surface area contributed by atoms with Crippen molar-refractivity contribution in [3.05, 3.63) is 17.9 Å². The van der Waals surface area contributed by atoms with Crippen molar-refractivity contribution in [3.63, 3.8) is 0 Å². The number of rotatable bonds is 7. The predicted molar refractivity (Wildman–Crippen MR) is 56.3 cm³/mol. The van der Waals surface area contributed by atoms with Gasteiger partial charge >= 0.3 is 0 Å². The molecule has 1 heteroatoms. The molecule has 0 amide bonds. The van der Waals surface area contributed by atoms with Gasteiger partial charge in [0.1, 0.15) is 0 Å². The summed E-state index contributed by atoms with van der Waals surface area (Å²) in [7, 11) is 0. The number of unbranched alkanes of at least 4 members (excludes halogenated alkanes) is 5. The van der Waals surface area contributed by atoms with E-state index in [1.165, 1.54) is 25.7 Å². The second-order valence-electron chi connectivity index (χ2n) is 3.12. The van der Waals surface area contributed by atoms with Gasteiger partial charge in [0.2, 0.25) is 0 Å². The molecule has 1 nitrogen and oxygen atoms in total. The van der Waals surface area contributed by atoms with Crippen LogP contribution in [-0.2, 0) is 0 Å². The van der Waals surface area contributed by atoms with Crippen LogP contribution in [0.5, 0.6) is 0 Å². The highest BCUT2D eigenvalue weighted by atomic mass is 14.2. The minimum atomic E-state index is 0.608. The van der Waals surface area contributed by atoms with Gasteiger partial charge in [-0.25, -0.2) is 0 Å². The molecule has 0 aromatic heterocycles. The van der Waals surface area contributed by atoms with E-state index in [1.54, 1.807) is 0 Å². The maximum Gasteiger partial charge on any atom is 0.0625 e. The summed E-state index contributed by atoms with van der Waals surface area (Å²) in [5, 5.41) is 8.26. The average Bonchev–Trinajstić information content (AvgIpc) is 2.16. The van der Waals surface area contributed by atoms with Gasteiger partial charge in [-0.3, -0.25) is 0 Å². The highest BCUT2D eigenvalue weighted by Crippen LogP contribution is 2.02. The molecule has 0 rings (SSSR count). The van der Waals surface area contributed by atoms with E-state index >= 15 is 0 Å². The molecular formula is C12H19N. The number of hydrogen-bond donors (Lipinski definition) is 0. The normalized spacial score (nSPS) is 8.62. The zero-order chi connectivity index (χ0) is 9.78. The maximum atomic E-state index is 8.26. The van der Waals surface area contributed by atoms with Crippen molar-refractivity contribution in [1.82, 2.24) is 0 Å². The standard InChI is InChI=1S/C12H19N/c1-2-3-4-5-6-7-8-9-10-11-12-13/h7,9H,2-6,10-11H2,1H3. The van der Waals surface area contributed by atoms with E-state index in [9.17, 15) is 0 Å². The average molecular weight is 177 g/mol. The third-order valence-electron chi connectivity index (χ3n) is 1.84. The molecule has 0 aromatic carbocycles. The Morgan fingerprint density at radius 2 is 1.85 bits per heavy atom. The van der Waals surface area contributed by atoms with E-state index in [0.717, 1.165) is 12.8 Å². The molecule has 0 atom stereocenters. The van der Waals surface area contributed by atoms with Crippen LogP contribution in [0.2, 0.25) is 0 Å². The van der Waals surface area contributed by atoms with Crippen LogP contribution in [0.1, 0.15) is 51.9 Å². The molecule has 0 bridgehead atoms. The second-order valence-corrected chi connectivity index (χ2v) is 3.12. The molecule has 0 aromatic rings. The van der Waals surface area contributed by atoms with Crippen molar-refractivity contribution in [3.8, 4) is 6.07 Å². The predicted octanol–water partition coefficient (Wildman–Crippen LogP) is 3.97. The molecule has 0 aliphatic rings. The Hall–Kier alpha value is -0.990. The molecule has 0 radical (unpaired) electrons. The molecule has 0 spiro atoms. The lowest BCUT2D eigenvalue weighted by molar-refractivity contribution is 0.674. The first-order valence-corrected chi connectivity index (χ1v) is 5.18. The minimum Gasteiger partial charge on any atom is -0.198 e. The maximum absolute atomic E-state index is 8.26. The van der Waals surface area contributed by atoms with Crippen LogP contribution < -0.4 is 0 Å². The quantitative estimate of drug-likeness (QED) is 0.426. The Bertz CT molecular complexity index is 192. The van der Waals surface area contributed by atoms with Crippen molar-refractivity contribution in [2.45, 2.75) is 51.9 Å². The molecule has 0 aliphatic heterocycles. The van der Waals surface area contributed by atoms with Gasteiger partial charge in [-0.05, 0) is 31.4 Å². The van der Waals surface area contributed by atoms with Gasteiger partial charge < -0.3 is 0 Å². The Labute approximate surface area is 81.8 Å². The highest BCUT2D eigenvalue weighted by Gasteiger charge is 1.82. The molecule has 0 saturated heterocycles. The van der Waals surface area contributed by atoms with E-state index in [-0.39, 0.29) is 0 Å². The van der Waals surface area contributed by atoms with Gasteiger partial charge in [0.15, 0.2) is 0 Å². The first-order chi connectivity index (χ1) is 6.41. The topological polar surface area (TPSA) is 23.8 Å². The molecule has 0 unspecified atom stereocenters. The summed E-state index contributed by atoms with van der Waals surface area (Å²) < 4.78 is 0. The number of nitrogens with zero attached hydrogens (tertiary/aromatic N) is 1. The van der Waals surface area contributed by atoms with Gasteiger partial charge in [-0.1, -0.05) is 26.2 Å². The van der Waals surface area contributed by atoms with Crippen LogP contribution in [0, 0.1) is 11.3 Å². The van der Waals surface area contributed by atoms with Crippen molar-refractivity contribution in [2.75, 3.05) is 0 Å². The lowest BCUT2D eigenvalue weighted by Crippen LogP contribution is -1.72. The third-order valence-corrected chi connectivity index (χ3v) is 1.84. The largest absolute Gasteiger partial charge is 0.198 e. The first-order valence-electron chi connectivity index (χ1n) is 5.18. The van der Waals surface area contributed by atoms with Crippen LogP contribution in [0.3, 0.4) is 0 Å². The summed E-state index contributed by atoms with van der Waals surface area (Å²) in [6.45, 7) is 2.22. The van der Waals surface area contributed by atoms with Crippen LogP contribution >= 0.6 is 0 Å².